The summed E-state index contributed by atoms with van der Waals surface area (Å²) in [5.74, 6) is 0.527. The summed E-state index contributed by atoms with van der Waals surface area (Å²) >= 11 is 1.52. The van der Waals surface area contributed by atoms with Gasteiger partial charge in [-0.05, 0) is 43.6 Å². The van der Waals surface area contributed by atoms with Crippen molar-refractivity contribution in [3.05, 3.63) is 35.9 Å². The fourth-order valence-corrected chi connectivity index (χ4v) is 8.02. The van der Waals surface area contributed by atoms with Gasteiger partial charge >= 0.3 is 0 Å². The second kappa shape index (κ2) is 4.66. The van der Waals surface area contributed by atoms with E-state index in [0.29, 0.717) is 12.3 Å². The lowest BCUT2D eigenvalue weighted by atomic mass is 9.54. The third-order valence-electron chi connectivity index (χ3n) is 7.24. The molecule has 0 aromatic heterocycles. The van der Waals surface area contributed by atoms with Crippen LogP contribution in [0.2, 0.25) is 0 Å². The molecule has 0 radical (unpaired) electrons. The number of benzene rings is 1. The van der Waals surface area contributed by atoms with Crippen LogP contribution in [-0.4, -0.2) is 27.3 Å². The van der Waals surface area contributed by atoms with Gasteiger partial charge in [-0.2, -0.15) is 0 Å². The number of amides is 1. The molecule has 1 aromatic carbocycles. The van der Waals surface area contributed by atoms with E-state index in [1.807, 2.05) is 30.3 Å². The molecule has 4 heterocycles. The van der Waals surface area contributed by atoms with Crippen LogP contribution in [-0.2, 0) is 15.0 Å². The fourth-order valence-electron chi connectivity index (χ4n) is 6.17. The van der Waals surface area contributed by atoms with Gasteiger partial charge in [0, 0.05) is 12.0 Å². The summed E-state index contributed by atoms with van der Waals surface area (Å²) in [7, 11) is 0. The van der Waals surface area contributed by atoms with E-state index in [1.165, 1.54) is 18.2 Å². The van der Waals surface area contributed by atoms with Crippen molar-refractivity contribution >= 4 is 22.8 Å². The third kappa shape index (κ3) is 1.48. The summed E-state index contributed by atoms with van der Waals surface area (Å²) in [6, 6.07) is 9.80. The zero-order chi connectivity index (χ0) is 16.6. The number of carbonyl (C=O) groups is 2. The van der Waals surface area contributed by atoms with Crippen molar-refractivity contribution in [3.63, 3.8) is 0 Å². The first kappa shape index (κ1) is 15.0. The summed E-state index contributed by atoms with van der Waals surface area (Å²) < 4.78 is 0. The molecule has 3 nitrogen and oxygen atoms in total. The minimum Gasteiger partial charge on any atom is -0.326 e. The molecule has 1 spiro atoms. The number of carbonyl (C=O) groups excluding carboxylic acids is 2. The number of thioether (sulfide) groups is 1. The van der Waals surface area contributed by atoms with Gasteiger partial charge in [-0.15, -0.1) is 0 Å². The standard InChI is InChI=1S/C20H23NO2S/c1-18-10-5-9-15-13-19(14-7-3-2-4-8-14)16(22)21(12-6-11-18)20(15,18)24-17(19)23/h2-4,7-8,15H,5-6,9-13H2,1H3. The lowest BCUT2D eigenvalue weighted by molar-refractivity contribution is -0.174. The maximum absolute atomic E-state index is 13.6. The number of piperidine rings is 2. The Morgan fingerprint density at radius 3 is 2.67 bits per heavy atom. The number of hydrogen-bond acceptors (Lipinski definition) is 3. The Morgan fingerprint density at radius 1 is 1.12 bits per heavy atom. The Hall–Kier alpha value is -1.29. The largest absolute Gasteiger partial charge is 0.326 e. The highest BCUT2D eigenvalue weighted by molar-refractivity contribution is 8.15. The number of nitrogens with zero attached hydrogens (tertiary/aromatic N) is 1. The van der Waals surface area contributed by atoms with E-state index in [0.717, 1.165) is 37.8 Å². The van der Waals surface area contributed by atoms with Crippen LogP contribution in [0.5, 0.6) is 0 Å². The van der Waals surface area contributed by atoms with E-state index < -0.39 is 5.41 Å². The molecule has 5 aliphatic rings. The van der Waals surface area contributed by atoms with Gasteiger partial charge in [-0.3, -0.25) is 9.59 Å². The highest BCUT2D eigenvalue weighted by atomic mass is 32.2. The highest BCUT2D eigenvalue weighted by Crippen LogP contribution is 2.70. The van der Waals surface area contributed by atoms with E-state index in [2.05, 4.69) is 11.8 Å². The van der Waals surface area contributed by atoms with Gasteiger partial charge in [0.05, 0.1) is 0 Å². The predicted molar refractivity (Wildman–Crippen MR) is 94.5 cm³/mol. The highest BCUT2D eigenvalue weighted by Gasteiger charge is 2.74. The molecule has 4 atom stereocenters. The van der Waals surface area contributed by atoms with Crippen molar-refractivity contribution in [1.29, 1.82) is 0 Å². The zero-order valence-electron chi connectivity index (χ0n) is 14.1. The molecule has 126 valence electrons. The smallest absolute Gasteiger partial charge is 0.242 e. The molecule has 4 aliphatic heterocycles. The van der Waals surface area contributed by atoms with Gasteiger partial charge in [0.2, 0.25) is 11.0 Å². The normalized spacial score (nSPS) is 43.7. The van der Waals surface area contributed by atoms with Gasteiger partial charge in [0.25, 0.3) is 0 Å². The first-order chi connectivity index (χ1) is 11.5. The maximum atomic E-state index is 13.6. The van der Waals surface area contributed by atoms with Crippen molar-refractivity contribution in [1.82, 2.24) is 4.90 Å². The summed E-state index contributed by atoms with van der Waals surface area (Å²) in [4.78, 5) is 28.8. The Bertz CT molecular complexity index is 730. The summed E-state index contributed by atoms with van der Waals surface area (Å²) in [5, 5.41) is 0.0984. The molecule has 1 amide bonds. The van der Waals surface area contributed by atoms with Gasteiger partial charge < -0.3 is 4.90 Å². The average Bonchev–Trinajstić information content (AvgIpc) is 2.58. The van der Waals surface area contributed by atoms with Crippen molar-refractivity contribution in [2.75, 3.05) is 6.54 Å². The number of hydrogen-bond donors (Lipinski definition) is 0. The second-order valence-corrected chi connectivity index (χ2v) is 9.47. The van der Waals surface area contributed by atoms with Gasteiger partial charge in [0.15, 0.2) is 0 Å². The molecule has 6 rings (SSSR count). The fraction of sp³-hybridized carbons (Fsp3) is 0.600. The summed E-state index contributed by atoms with van der Waals surface area (Å²) in [5.41, 5.74) is 0.0556. The molecule has 1 aliphatic carbocycles. The molecule has 5 fully saturated rings. The SMILES string of the molecule is CC12CCCC3CC4(c5ccccc5)C(=O)SC31N(CCC2)C4=O. The molecule has 24 heavy (non-hydrogen) atoms. The van der Waals surface area contributed by atoms with Crippen molar-refractivity contribution in [2.24, 2.45) is 11.3 Å². The van der Waals surface area contributed by atoms with Crippen LogP contribution in [0.4, 0.5) is 0 Å². The lowest BCUT2D eigenvalue weighted by Crippen LogP contribution is -2.78. The predicted octanol–water partition coefficient (Wildman–Crippen LogP) is 3.73. The Balaban J connectivity index is 1.73. The van der Waals surface area contributed by atoms with Crippen LogP contribution >= 0.6 is 11.8 Å². The summed E-state index contributed by atoms with van der Waals surface area (Å²) in [6.07, 6.45) is 6.45. The first-order valence-electron chi connectivity index (χ1n) is 9.16. The van der Waals surface area contributed by atoms with Crippen LogP contribution in [0.3, 0.4) is 0 Å². The zero-order valence-corrected chi connectivity index (χ0v) is 14.9. The molecule has 0 N–H and O–H groups in total. The molecule has 4 unspecified atom stereocenters. The van der Waals surface area contributed by atoms with Crippen LogP contribution in [0, 0.1) is 11.3 Å². The van der Waals surface area contributed by atoms with Crippen LogP contribution in [0.1, 0.15) is 51.0 Å². The van der Waals surface area contributed by atoms with Crippen LogP contribution < -0.4 is 0 Å². The third-order valence-corrected chi connectivity index (χ3v) is 9.13. The molecule has 1 aromatic rings. The molecule has 1 saturated carbocycles. The van der Waals surface area contributed by atoms with Crippen molar-refractivity contribution < 1.29 is 9.59 Å². The van der Waals surface area contributed by atoms with Gasteiger partial charge in [0.1, 0.15) is 10.3 Å². The molecular weight excluding hydrogens is 318 g/mol. The quantitative estimate of drug-likeness (QED) is 0.731. The molecular formula is C20H23NO2S. The molecule has 4 saturated heterocycles. The monoisotopic (exact) mass is 341 g/mol. The van der Waals surface area contributed by atoms with E-state index >= 15 is 0 Å². The van der Waals surface area contributed by atoms with E-state index in [4.69, 9.17) is 0 Å². The van der Waals surface area contributed by atoms with E-state index in [9.17, 15) is 9.59 Å². The number of fused-ring (bicyclic) bond motifs is 1. The Morgan fingerprint density at radius 2 is 1.88 bits per heavy atom. The second-order valence-electron chi connectivity index (χ2n) is 8.27. The molecule has 2 bridgehead atoms. The minimum atomic E-state index is -0.937. The summed E-state index contributed by atoms with van der Waals surface area (Å²) in [6.45, 7) is 3.15. The van der Waals surface area contributed by atoms with Crippen LogP contribution in [0.25, 0.3) is 0 Å². The van der Waals surface area contributed by atoms with Gasteiger partial charge in [-0.25, -0.2) is 0 Å². The number of rotatable bonds is 1. The van der Waals surface area contributed by atoms with Crippen molar-refractivity contribution in [3.8, 4) is 0 Å². The topological polar surface area (TPSA) is 37.4 Å². The average molecular weight is 341 g/mol. The molecule has 4 heteroatoms. The lowest BCUT2D eigenvalue weighted by Gasteiger charge is -2.70. The van der Waals surface area contributed by atoms with Crippen LogP contribution in [0.15, 0.2) is 30.3 Å². The Labute approximate surface area is 147 Å². The minimum absolute atomic E-state index is 0.0847. The Kier molecular flexibility index (Phi) is 2.91. The first-order valence-corrected chi connectivity index (χ1v) is 9.97. The maximum Gasteiger partial charge on any atom is 0.242 e. The van der Waals surface area contributed by atoms with E-state index in [1.54, 1.807) is 0 Å². The van der Waals surface area contributed by atoms with E-state index in [-0.39, 0.29) is 21.3 Å². The van der Waals surface area contributed by atoms with Crippen molar-refractivity contribution in [2.45, 2.75) is 55.7 Å². The van der Waals surface area contributed by atoms with Gasteiger partial charge in [-0.1, -0.05) is 55.4 Å².